The zero-order valence-electron chi connectivity index (χ0n) is 30.2. The summed E-state index contributed by atoms with van der Waals surface area (Å²) in [7, 11) is 0. The van der Waals surface area contributed by atoms with Gasteiger partial charge in [-0.1, -0.05) is 66.7 Å². The lowest BCUT2D eigenvalue weighted by atomic mass is 9.71. The lowest BCUT2D eigenvalue weighted by Crippen LogP contribution is -2.67. The maximum absolute atomic E-state index is 12.3. The van der Waals surface area contributed by atoms with Crippen LogP contribution in [0.15, 0.2) is 123 Å². The second kappa shape index (κ2) is 13.3. The molecule has 0 unspecified atom stereocenters. The van der Waals surface area contributed by atoms with Gasteiger partial charge >= 0.3 is 0 Å². The number of aromatic nitrogens is 2. The topological polar surface area (TPSA) is 66.2 Å². The maximum Gasteiger partial charge on any atom is 0.131 e. The van der Waals surface area contributed by atoms with Crippen molar-refractivity contribution in [2.24, 2.45) is 23.7 Å². The van der Waals surface area contributed by atoms with Crippen LogP contribution >= 0.6 is 0 Å². The molecule has 0 spiro atoms. The Kier molecular flexibility index (Phi) is 8.62. The highest BCUT2D eigenvalue weighted by molar-refractivity contribution is 5.83. The number of aliphatic hydroxyl groups is 2. The molecule has 0 aliphatic carbocycles. The van der Waals surface area contributed by atoms with Gasteiger partial charge in [0.05, 0.1) is 37.2 Å². The summed E-state index contributed by atoms with van der Waals surface area (Å²) in [5.41, 5.74) is 6.54. The van der Waals surface area contributed by atoms with Crippen LogP contribution in [0, 0.1) is 23.7 Å². The Morgan fingerprint density at radius 2 is 1.10 bits per heavy atom. The van der Waals surface area contributed by atoms with E-state index in [1.54, 1.807) is 0 Å². The minimum Gasteiger partial charge on any atom is -0.382 e. The van der Waals surface area contributed by atoms with E-state index in [0.717, 1.165) is 94.0 Å². The summed E-state index contributed by atoms with van der Waals surface area (Å²) in [4.78, 5) is 9.21. The van der Waals surface area contributed by atoms with Gasteiger partial charge < -0.3 is 19.2 Å². The van der Waals surface area contributed by atoms with Crippen molar-refractivity contribution in [2.45, 2.75) is 63.1 Å². The first-order valence-corrected chi connectivity index (χ1v) is 19.5. The first kappa shape index (κ1) is 33.6. The molecule has 6 fully saturated rings. The van der Waals surface area contributed by atoms with Crippen molar-refractivity contribution in [1.29, 1.82) is 0 Å². The fraction of sp³-hybridized carbons (Fsp3) is 0.391. The summed E-state index contributed by atoms with van der Waals surface area (Å²) in [5, 5.41) is 26.7. The van der Waals surface area contributed by atoms with Crippen LogP contribution in [-0.4, -0.2) is 67.4 Å². The monoisotopic (exact) mass is 692 g/mol. The summed E-state index contributed by atoms with van der Waals surface area (Å²) >= 11 is 0. The molecule has 0 radical (unpaired) electrons. The Bertz CT molecular complexity index is 1980. The molecular weight excluding hydrogens is 641 g/mol. The lowest BCUT2D eigenvalue weighted by molar-refractivity contribution is -0.985. The molecule has 2 N–H and O–H groups in total. The fourth-order valence-corrected chi connectivity index (χ4v) is 11.5. The van der Waals surface area contributed by atoms with Crippen LogP contribution in [0.5, 0.6) is 0 Å². The first-order chi connectivity index (χ1) is 25.4. The van der Waals surface area contributed by atoms with Crippen molar-refractivity contribution in [1.82, 2.24) is 9.97 Å². The zero-order valence-corrected chi connectivity index (χ0v) is 30.2. The highest BCUT2D eigenvalue weighted by Crippen LogP contribution is 2.50. The molecule has 11 rings (SSSR count). The molecule has 5 aromatic rings. The van der Waals surface area contributed by atoms with Gasteiger partial charge in [-0.25, -0.2) is 0 Å². The van der Waals surface area contributed by atoms with Gasteiger partial charge in [0.25, 0.3) is 0 Å². The molecule has 6 aliphatic rings. The predicted molar refractivity (Wildman–Crippen MR) is 208 cm³/mol. The van der Waals surface area contributed by atoms with Gasteiger partial charge in [0, 0.05) is 71.8 Å². The number of rotatable bonds is 10. The molecule has 3 aromatic carbocycles. The number of pyridine rings is 2. The van der Waals surface area contributed by atoms with Crippen molar-refractivity contribution >= 4 is 21.8 Å². The number of hydrogen-bond acceptors (Lipinski definition) is 4. The van der Waals surface area contributed by atoms with Gasteiger partial charge in [0.15, 0.2) is 0 Å². The van der Waals surface area contributed by atoms with Crippen molar-refractivity contribution < 1.29 is 19.2 Å². The van der Waals surface area contributed by atoms with E-state index < -0.39 is 12.2 Å². The molecule has 0 saturated carbocycles. The van der Waals surface area contributed by atoms with Crippen molar-refractivity contribution in [3.05, 3.63) is 145 Å². The molecule has 6 aliphatic heterocycles. The Balaban J connectivity index is 1.04. The Morgan fingerprint density at radius 1 is 0.635 bits per heavy atom. The normalized spacial score (nSPS) is 32.1. The van der Waals surface area contributed by atoms with E-state index in [4.69, 9.17) is 0 Å². The Hall–Kier alpha value is -4.20. The zero-order chi connectivity index (χ0) is 35.5. The molecule has 6 nitrogen and oxygen atoms in total. The lowest BCUT2D eigenvalue weighted by Gasteiger charge is -2.58. The van der Waals surface area contributed by atoms with E-state index in [9.17, 15) is 10.2 Å². The molecule has 6 saturated heterocycles. The average molecular weight is 693 g/mol. The average Bonchev–Trinajstić information content (AvgIpc) is 3.19. The standard InChI is InChI=1S/C46H52N4O2/c1-3-33-29-49(22-18-35(33)25-43(49)45(51)39-16-20-47-41-14-7-5-12-37(39)41)27-31-10-9-11-32(24-31)28-50-23-19-36(34(4-2)30-50)26-44(50)46(52)40-17-21-48-42-15-8-6-13-38(40)42/h3-17,20-21,24,33-36,43-46,51-52H,1-2,18-19,22-23,25-30H2/q+2/t33-,34-,35-,36-,43-,44-,45+,46+,49+,50+/m0/s1. The van der Waals surface area contributed by atoms with Crippen LogP contribution in [0.1, 0.15) is 60.1 Å². The maximum atomic E-state index is 12.3. The van der Waals surface area contributed by atoms with Crippen molar-refractivity contribution in [3.63, 3.8) is 0 Å². The molecule has 4 bridgehead atoms. The number of para-hydroxylation sites is 2. The highest BCUT2D eigenvalue weighted by Gasteiger charge is 2.55. The SMILES string of the molecule is C=C[C@H]1C[N@+]2(Cc3cccc(C[N@@+]45CC[C@@H](C[C@H]4[C@H](O)c4ccnc6ccccc46)[C@@H](C=C)C5)c3)CC[C@H]1C[C@H]2[C@H](O)c1ccnc2ccccc12. The minimum atomic E-state index is -0.569. The van der Waals surface area contributed by atoms with Crippen molar-refractivity contribution in [3.8, 4) is 0 Å². The van der Waals surface area contributed by atoms with Gasteiger partial charge in [-0.3, -0.25) is 9.97 Å². The van der Waals surface area contributed by atoms with Crippen LogP contribution in [0.25, 0.3) is 21.8 Å². The van der Waals surface area contributed by atoms with Gasteiger partial charge in [-0.05, 0) is 53.3 Å². The third-order valence-electron chi connectivity index (χ3n) is 14.1. The summed E-state index contributed by atoms with van der Waals surface area (Å²) in [6.07, 6.45) is 11.3. The minimum absolute atomic E-state index is 0.107. The smallest absolute Gasteiger partial charge is 0.131 e. The second-order valence-corrected chi connectivity index (χ2v) is 16.6. The number of nitrogens with zero attached hydrogens (tertiary/aromatic N) is 4. The van der Waals surface area contributed by atoms with Crippen molar-refractivity contribution in [2.75, 3.05) is 26.2 Å². The number of fused-ring (bicyclic) bond motifs is 8. The quantitative estimate of drug-likeness (QED) is 0.115. The molecule has 0 amide bonds. The van der Waals surface area contributed by atoms with Crippen LogP contribution in [0.4, 0.5) is 0 Å². The number of aliphatic hydroxyl groups excluding tert-OH is 2. The van der Waals surface area contributed by atoms with Gasteiger partial charge in [-0.2, -0.15) is 0 Å². The summed E-state index contributed by atoms with van der Waals surface area (Å²) in [6, 6.07) is 30.0. The molecule has 266 valence electrons. The molecule has 10 atom stereocenters. The highest BCUT2D eigenvalue weighted by atomic mass is 16.3. The van der Waals surface area contributed by atoms with Crippen LogP contribution in [0.2, 0.25) is 0 Å². The van der Waals surface area contributed by atoms with Crippen LogP contribution in [-0.2, 0) is 13.1 Å². The first-order valence-electron chi connectivity index (χ1n) is 19.5. The second-order valence-electron chi connectivity index (χ2n) is 16.6. The Morgan fingerprint density at radius 3 is 1.56 bits per heavy atom. The fourth-order valence-electron chi connectivity index (χ4n) is 11.5. The van der Waals surface area contributed by atoms with Crippen LogP contribution < -0.4 is 0 Å². The van der Waals surface area contributed by atoms with E-state index in [1.807, 2.05) is 60.9 Å². The van der Waals surface area contributed by atoms with E-state index >= 15 is 0 Å². The van der Waals surface area contributed by atoms with Crippen LogP contribution in [0.3, 0.4) is 0 Å². The molecule has 2 aromatic heterocycles. The molecule has 52 heavy (non-hydrogen) atoms. The molecule has 6 heteroatoms. The predicted octanol–water partition coefficient (Wildman–Crippen LogP) is 8.07. The number of benzene rings is 3. The Labute approximate surface area is 308 Å². The molecule has 8 heterocycles. The van der Waals surface area contributed by atoms with Gasteiger partial charge in [0.1, 0.15) is 37.4 Å². The number of hydrogen-bond donors (Lipinski definition) is 2. The third-order valence-corrected chi connectivity index (χ3v) is 14.1. The van der Waals surface area contributed by atoms with E-state index in [1.165, 1.54) is 24.0 Å². The largest absolute Gasteiger partial charge is 0.382 e. The van der Waals surface area contributed by atoms with Gasteiger partial charge in [-0.15, -0.1) is 13.2 Å². The summed E-state index contributed by atoms with van der Waals surface area (Å²) in [6.45, 7) is 14.5. The van der Waals surface area contributed by atoms with E-state index in [0.29, 0.717) is 23.7 Å². The third kappa shape index (κ3) is 5.63. The van der Waals surface area contributed by atoms with E-state index in [-0.39, 0.29) is 12.1 Å². The van der Waals surface area contributed by atoms with E-state index in [2.05, 4.69) is 71.7 Å². The number of quaternary nitrogens is 2. The summed E-state index contributed by atoms with van der Waals surface area (Å²) in [5.74, 6) is 2.05. The number of piperidine rings is 6. The molecular formula is C46H52N4O2+2. The summed E-state index contributed by atoms with van der Waals surface area (Å²) < 4.78 is 1.76. The van der Waals surface area contributed by atoms with Gasteiger partial charge in [0.2, 0.25) is 0 Å².